The molecule has 1 amide bonds. The second-order valence-electron chi connectivity index (χ2n) is 7.18. The van der Waals surface area contributed by atoms with Gasteiger partial charge >= 0.3 is 0 Å². The van der Waals surface area contributed by atoms with Gasteiger partial charge in [0.15, 0.2) is 16.7 Å². The quantitative estimate of drug-likeness (QED) is 0.278. The summed E-state index contributed by atoms with van der Waals surface area (Å²) in [7, 11) is 3.16. The van der Waals surface area contributed by atoms with E-state index < -0.39 is 0 Å². The van der Waals surface area contributed by atoms with Crippen molar-refractivity contribution in [1.29, 1.82) is 0 Å². The van der Waals surface area contributed by atoms with E-state index in [1.807, 2.05) is 49.4 Å². The van der Waals surface area contributed by atoms with Gasteiger partial charge in [-0.3, -0.25) is 9.69 Å². The number of hydrogen-bond donors (Lipinski definition) is 0. The first kappa shape index (κ1) is 22.4. The average Bonchev–Trinajstić information content (AvgIpc) is 3.44. The molecule has 0 aliphatic carbocycles. The van der Waals surface area contributed by atoms with Crippen molar-refractivity contribution in [1.82, 2.24) is 4.90 Å². The maximum atomic E-state index is 13.2. The lowest BCUT2D eigenvalue weighted by atomic mass is 10.1. The molecule has 4 rings (SSSR count). The minimum Gasteiger partial charge on any atom is -0.493 e. The highest BCUT2D eigenvalue weighted by Crippen LogP contribution is 2.35. The van der Waals surface area contributed by atoms with Gasteiger partial charge in [-0.05, 0) is 65.7 Å². The molecule has 0 radical (unpaired) electrons. The number of rotatable bonds is 7. The molecule has 7 nitrogen and oxygen atoms in total. The molecule has 0 saturated carbocycles. The van der Waals surface area contributed by atoms with Crippen LogP contribution in [-0.2, 0) is 11.3 Å². The first-order valence-corrected chi connectivity index (χ1v) is 11.0. The lowest BCUT2D eigenvalue weighted by molar-refractivity contribution is -0.122. The number of amides is 1. The van der Waals surface area contributed by atoms with Crippen LogP contribution in [0.5, 0.6) is 11.5 Å². The molecule has 2 heterocycles. The molecule has 0 spiro atoms. The van der Waals surface area contributed by atoms with Crippen LogP contribution in [0, 0.1) is 6.92 Å². The molecule has 0 unspecified atom stereocenters. The van der Waals surface area contributed by atoms with E-state index in [1.165, 1.54) is 11.8 Å². The Morgan fingerprint density at radius 3 is 2.61 bits per heavy atom. The van der Waals surface area contributed by atoms with Crippen LogP contribution in [0.4, 0.5) is 0 Å². The van der Waals surface area contributed by atoms with Gasteiger partial charge < -0.3 is 13.9 Å². The van der Waals surface area contributed by atoms with Crippen molar-refractivity contribution in [2.75, 3.05) is 14.2 Å². The maximum Gasteiger partial charge on any atom is 0.267 e. The predicted molar refractivity (Wildman–Crippen MR) is 131 cm³/mol. The number of amidine groups is 1. The topological polar surface area (TPSA) is 76.6 Å². The van der Waals surface area contributed by atoms with Crippen molar-refractivity contribution < 1.29 is 18.7 Å². The van der Waals surface area contributed by atoms with E-state index in [-0.39, 0.29) is 12.5 Å². The summed E-state index contributed by atoms with van der Waals surface area (Å²) in [6, 6.07) is 17.0. The van der Waals surface area contributed by atoms with E-state index in [9.17, 15) is 4.79 Å². The number of furan rings is 1. The Morgan fingerprint density at radius 1 is 1.06 bits per heavy atom. The Hall–Kier alpha value is -3.78. The fourth-order valence-electron chi connectivity index (χ4n) is 3.25. The van der Waals surface area contributed by atoms with Gasteiger partial charge in [-0.2, -0.15) is 5.10 Å². The smallest absolute Gasteiger partial charge is 0.267 e. The molecule has 168 valence electrons. The number of methoxy groups -OCH3 is 2. The number of ether oxygens (including phenoxy) is 2. The molecule has 1 saturated heterocycles. The Labute approximate surface area is 196 Å². The third kappa shape index (κ3) is 5.18. The van der Waals surface area contributed by atoms with Crippen molar-refractivity contribution in [2.45, 2.75) is 13.5 Å². The van der Waals surface area contributed by atoms with Crippen molar-refractivity contribution >= 4 is 35.1 Å². The van der Waals surface area contributed by atoms with Gasteiger partial charge in [-0.25, -0.2) is 0 Å². The summed E-state index contributed by atoms with van der Waals surface area (Å²) in [5.74, 6) is 1.70. The van der Waals surface area contributed by atoms with Gasteiger partial charge in [0, 0.05) is 0 Å². The first-order valence-electron chi connectivity index (χ1n) is 10.2. The minimum absolute atomic E-state index is 0.170. The van der Waals surface area contributed by atoms with Crippen LogP contribution < -0.4 is 9.47 Å². The summed E-state index contributed by atoms with van der Waals surface area (Å²) in [4.78, 5) is 15.3. The van der Waals surface area contributed by atoms with E-state index >= 15 is 0 Å². The molecule has 1 aliphatic rings. The standard InChI is InChI=1S/C25H23N3O4S/c1-17-7-4-5-8-19(17)15-26-27-25-28(16-20-9-6-12-32-20)24(29)23(33-25)14-18-10-11-21(30-2)22(13-18)31-3/h4-15H,16H2,1-3H3/b23-14-,26-15-,27-25+. The number of aryl methyl sites for hydroxylation is 1. The monoisotopic (exact) mass is 461 g/mol. The van der Waals surface area contributed by atoms with Crippen LogP contribution in [0.15, 0.2) is 80.4 Å². The van der Waals surface area contributed by atoms with Crippen molar-refractivity contribution in [3.8, 4) is 11.5 Å². The maximum absolute atomic E-state index is 13.2. The molecule has 1 fully saturated rings. The zero-order valence-electron chi connectivity index (χ0n) is 18.5. The molecule has 1 aliphatic heterocycles. The zero-order chi connectivity index (χ0) is 23.2. The van der Waals surface area contributed by atoms with Crippen LogP contribution in [0.3, 0.4) is 0 Å². The molecule has 8 heteroatoms. The predicted octanol–water partition coefficient (Wildman–Crippen LogP) is 5.11. The number of nitrogens with zero attached hydrogens (tertiary/aromatic N) is 3. The van der Waals surface area contributed by atoms with Crippen molar-refractivity contribution in [2.24, 2.45) is 10.2 Å². The summed E-state index contributed by atoms with van der Waals surface area (Å²) in [5.41, 5.74) is 2.87. The van der Waals surface area contributed by atoms with E-state index in [0.29, 0.717) is 27.3 Å². The number of carbonyl (C=O) groups excluding carboxylic acids is 1. The molecular weight excluding hydrogens is 438 g/mol. The van der Waals surface area contributed by atoms with E-state index in [4.69, 9.17) is 13.9 Å². The molecule has 0 atom stereocenters. The van der Waals surface area contributed by atoms with Crippen LogP contribution in [-0.4, -0.2) is 36.4 Å². The SMILES string of the molecule is COc1ccc(/C=C2\S/C(=N/N=C\c3ccccc3C)N(Cc3ccco3)C2=O)cc1OC. The summed E-state index contributed by atoms with van der Waals surface area (Å²) in [6.45, 7) is 2.27. The highest BCUT2D eigenvalue weighted by Gasteiger charge is 2.34. The number of benzene rings is 2. The highest BCUT2D eigenvalue weighted by molar-refractivity contribution is 8.18. The molecule has 0 bridgehead atoms. The van der Waals surface area contributed by atoms with E-state index in [0.717, 1.165) is 16.7 Å². The zero-order valence-corrected chi connectivity index (χ0v) is 19.3. The summed E-state index contributed by atoms with van der Waals surface area (Å²) < 4.78 is 16.1. The minimum atomic E-state index is -0.170. The molecular formula is C25H23N3O4S. The van der Waals surface area contributed by atoms with Gasteiger partial charge in [0.25, 0.3) is 5.91 Å². The first-order chi connectivity index (χ1) is 16.1. The van der Waals surface area contributed by atoms with Gasteiger partial charge in [-0.1, -0.05) is 30.3 Å². The molecule has 33 heavy (non-hydrogen) atoms. The second-order valence-corrected chi connectivity index (χ2v) is 8.19. The number of carbonyl (C=O) groups is 1. The fourth-order valence-corrected chi connectivity index (χ4v) is 4.18. The Bertz CT molecular complexity index is 1230. The summed E-state index contributed by atoms with van der Waals surface area (Å²) in [5, 5.41) is 9.08. The van der Waals surface area contributed by atoms with Crippen LogP contribution in [0.2, 0.25) is 0 Å². The normalized spacial score (nSPS) is 16.3. The van der Waals surface area contributed by atoms with Crippen LogP contribution >= 0.6 is 11.8 Å². The Morgan fingerprint density at radius 2 is 1.88 bits per heavy atom. The third-order valence-electron chi connectivity index (χ3n) is 5.02. The van der Waals surface area contributed by atoms with Crippen molar-refractivity contribution in [3.63, 3.8) is 0 Å². The van der Waals surface area contributed by atoms with Crippen LogP contribution in [0.1, 0.15) is 22.5 Å². The molecule has 1 aromatic heterocycles. The fraction of sp³-hybridized carbons (Fsp3) is 0.160. The Balaban J connectivity index is 1.64. The van der Waals surface area contributed by atoms with Gasteiger partial charge in [0.05, 0.1) is 38.1 Å². The average molecular weight is 462 g/mol. The summed E-state index contributed by atoms with van der Waals surface area (Å²) >= 11 is 1.27. The highest BCUT2D eigenvalue weighted by atomic mass is 32.2. The third-order valence-corrected chi connectivity index (χ3v) is 6.01. The molecule has 2 aromatic carbocycles. The second kappa shape index (κ2) is 10.2. The van der Waals surface area contributed by atoms with Crippen LogP contribution in [0.25, 0.3) is 6.08 Å². The van der Waals surface area contributed by atoms with Gasteiger partial charge in [-0.15, -0.1) is 5.10 Å². The molecule has 3 aromatic rings. The summed E-state index contributed by atoms with van der Waals surface area (Å²) in [6.07, 6.45) is 5.07. The number of thioether (sulfide) groups is 1. The van der Waals surface area contributed by atoms with Crippen molar-refractivity contribution in [3.05, 3.63) is 88.2 Å². The van der Waals surface area contributed by atoms with Gasteiger partial charge in [0.2, 0.25) is 0 Å². The lowest BCUT2D eigenvalue weighted by Crippen LogP contribution is -2.28. The van der Waals surface area contributed by atoms with E-state index in [1.54, 1.807) is 49.8 Å². The molecule has 0 N–H and O–H groups in total. The van der Waals surface area contributed by atoms with Gasteiger partial charge in [0.1, 0.15) is 5.76 Å². The Kier molecular flexibility index (Phi) is 6.95. The van der Waals surface area contributed by atoms with E-state index in [2.05, 4.69) is 10.2 Å². The number of hydrogen-bond acceptors (Lipinski definition) is 7. The largest absolute Gasteiger partial charge is 0.493 e. The lowest BCUT2D eigenvalue weighted by Gasteiger charge is -2.12.